The molecule has 3 amide bonds. The van der Waals surface area contributed by atoms with Crippen molar-refractivity contribution in [3.8, 4) is 0 Å². The van der Waals surface area contributed by atoms with E-state index in [2.05, 4.69) is 5.32 Å². The lowest BCUT2D eigenvalue weighted by atomic mass is 9.81. The van der Waals surface area contributed by atoms with Crippen molar-refractivity contribution in [3.05, 3.63) is 78.4 Å². The fraction of sp³-hybridized carbons (Fsp3) is 0.321. The molecule has 5 atom stereocenters. The summed E-state index contributed by atoms with van der Waals surface area (Å²) < 4.78 is 0. The smallest absolute Gasteiger partial charge is 0.248 e. The van der Waals surface area contributed by atoms with Crippen molar-refractivity contribution in [2.45, 2.75) is 31.7 Å². The van der Waals surface area contributed by atoms with Gasteiger partial charge in [0.2, 0.25) is 17.7 Å². The summed E-state index contributed by atoms with van der Waals surface area (Å²) in [5.74, 6) is -0.499. The SMILES string of the molecule is O=C(Nc1cccc2ccccc12)[C@H](Cc1ccccc1)N1C(=O)[C@H]2[C@H]3CC[C@@H](C3)[C@@H]2C1=O. The van der Waals surface area contributed by atoms with Crippen molar-refractivity contribution in [3.63, 3.8) is 0 Å². The van der Waals surface area contributed by atoms with Gasteiger partial charge >= 0.3 is 0 Å². The van der Waals surface area contributed by atoms with E-state index in [1.54, 1.807) is 0 Å². The predicted molar refractivity (Wildman–Crippen MR) is 126 cm³/mol. The molecule has 1 aliphatic heterocycles. The minimum Gasteiger partial charge on any atom is -0.324 e. The van der Waals surface area contributed by atoms with Gasteiger partial charge in [-0.05, 0) is 48.1 Å². The highest BCUT2D eigenvalue weighted by Crippen LogP contribution is 2.56. The number of benzene rings is 3. The standard InChI is InChI=1S/C28H26N2O3/c31-26(29-22-12-6-10-18-9-4-5-11-21(18)22)23(15-17-7-2-1-3-8-17)30-27(32)24-19-13-14-20(16-19)25(24)28(30)33/h1-12,19-20,23-25H,13-16H2,(H,29,31)/t19-,20-,23-,24-,25-/m0/s1. The van der Waals surface area contributed by atoms with E-state index in [4.69, 9.17) is 0 Å². The van der Waals surface area contributed by atoms with Crippen molar-refractivity contribution in [1.82, 2.24) is 4.90 Å². The molecular formula is C28H26N2O3. The van der Waals surface area contributed by atoms with Gasteiger partial charge in [0.05, 0.1) is 11.8 Å². The van der Waals surface area contributed by atoms with E-state index in [9.17, 15) is 14.4 Å². The quantitative estimate of drug-likeness (QED) is 0.600. The molecule has 2 aliphatic carbocycles. The van der Waals surface area contributed by atoms with Crippen LogP contribution in [0.2, 0.25) is 0 Å². The van der Waals surface area contributed by atoms with Crippen LogP contribution >= 0.6 is 0 Å². The van der Waals surface area contributed by atoms with Gasteiger partial charge in [0.1, 0.15) is 6.04 Å². The Balaban J connectivity index is 1.35. The highest BCUT2D eigenvalue weighted by molar-refractivity contribution is 6.12. The van der Waals surface area contributed by atoms with Gasteiger partial charge in [-0.1, -0.05) is 66.7 Å². The van der Waals surface area contributed by atoms with Crippen molar-refractivity contribution in [2.75, 3.05) is 5.32 Å². The first-order valence-corrected chi connectivity index (χ1v) is 11.8. The first-order chi connectivity index (χ1) is 16.1. The fourth-order valence-corrected chi connectivity index (χ4v) is 6.43. The Hall–Kier alpha value is -3.47. The van der Waals surface area contributed by atoms with Crippen molar-refractivity contribution >= 4 is 34.2 Å². The molecule has 3 aromatic rings. The Morgan fingerprint density at radius 2 is 1.48 bits per heavy atom. The topological polar surface area (TPSA) is 66.5 Å². The van der Waals surface area contributed by atoms with E-state index in [1.165, 1.54) is 4.90 Å². The molecule has 2 saturated carbocycles. The molecule has 166 valence electrons. The summed E-state index contributed by atoms with van der Waals surface area (Å²) >= 11 is 0. The Labute approximate surface area is 192 Å². The molecule has 1 heterocycles. The lowest BCUT2D eigenvalue weighted by Gasteiger charge is -2.27. The van der Waals surface area contributed by atoms with Crippen LogP contribution in [-0.4, -0.2) is 28.7 Å². The van der Waals surface area contributed by atoms with E-state index in [0.717, 1.165) is 35.6 Å². The van der Waals surface area contributed by atoms with E-state index in [1.807, 2.05) is 72.8 Å². The predicted octanol–water partition coefficient (Wildman–Crippen LogP) is 4.42. The van der Waals surface area contributed by atoms with Crippen LogP contribution < -0.4 is 5.32 Å². The maximum absolute atomic E-state index is 13.7. The molecule has 0 unspecified atom stereocenters. The van der Waals surface area contributed by atoms with Crippen LogP contribution in [0, 0.1) is 23.7 Å². The number of carbonyl (C=O) groups is 3. The summed E-state index contributed by atoms with van der Waals surface area (Å²) in [6, 6.07) is 22.4. The summed E-state index contributed by atoms with van der Waals surface area (Å²) in [5.41, 5.74) is 1.62. The Morgan fingerprint density at radius 3 is 2.21 bits per heavy atom. The van der Waals surface area contributed by atoms with Crippen LogP contribution in [0.1, 0.15) is 24.8 Å². The van der Waals surface area contributed by atoms with Gasteiger partial charge in [-0.3, -0.25) is 19.3 Å². The number of anilines is 1. The minimum absolute atomic E-state index is 0.147. The summed E-state index contributed by atoms with van der Waals surface area (Å²) in [4.78, 5) is 42.0. The van der Waals surface area contributed by atoms with Crippen LogP contribution in [0.25, 0.3) is 10.8 Å². The zero-order chi connectivity index (χ0) is 22.5. The number of imide groups is 1. The summed E-state index contributed by atoms with van der Waals surface area (Å²) in [7, 11) is 0. The molecule has 0 aromatic heterocycles. The van der Waals surface area contributed by atoms with Crippen LogP contribution in [0.4, 0.5) is 5.69 Å². The molecule has 2 bridgehead atoms. The van der Waals surface area contributed by atoms with Crippen molar-refractivity contribution in [1.29, 1.82) is 0 Å². The zero-order valence-corrected chi connectivity index (χ0v) is 18.3. The number of fused-ring (bicyclic) bond motifs is 6. The van der Waals surface area contributed by atoms with Gasteiger partial charge in [-0.2, -0.15) is 0 Å². The van der Waals surface area contributed by atoms with Gasteiger partial charge < -0.3 is 5.32 Å². The van der Waals surface area contributed by atoms with Crippen LogP contribution in [0.3, 0.4) is 0 Å². The molecule has 3 aromatic carbocycles. The van der Waals surface area contributed by atoms with Crippen LogP contribution in [0.5, 0.6) is 0 Å². The molecule has 1 saturated heterocycles. The second kappa shape index (κ2) is 7.84. The van der Waals surface area contributed by atoms with E-state index in [0.29, 0.717) is 23.9 Å². The van der Waals surface area contributed by atoms with Gasteiger partial charge in [-0.25, -0.2) is 0 Å². The van der Waals surface area contributed by atoms with E-state index in [-0.39, 0.29) is 29.6 Å². The molecular weight excluding hydrogens is 412 g/mol. The van der Waals surface area contributed by atoms with Crippen LogP contribution in [0.15, 0.2) is 72.8 Å². The number of amides is 3. The largest absolute Gasteiger partial charge is 0.324 e. The van der Waals surface area contributed by atoms with Crippen LogP contribution in [-0.2, 0) is 20.8 Å². The third kappa shape index (κ3) is 3.26. The molecule has 6 rings (SSSR count). The minimum atomic E-state index is -0.864. The molecule has 5 heteroatoms. The first kappa shape index (κ1) is 20.2. The number of hydrogen-bond donors (Lipinski definition) is 1. The average molecular weight is 439 g/mol. The van der Waals surface area contributed by atoms with Gasteiger partial charge in [-0.15, -0.1) is 0 Å². The van der Waals surface area contributed by atoms with Gasteiger partial charge in [0.25, 0.3) is 0 Å². The highest BCUT2D eigenvalue weighted by atomic mass is 16.2. The Bertz CT molecular complexity index is 1220. The summed E-state index contributed by atoms with van der Waals surface area (Å²) in [5, 5.41) is 5.00. The molecule has 5 nitrogen and oxygen atoms in total. The third-order valence-electron chi connectivity index (χ3n) is 7.90. The number of nitrogens with one attached hydrogen (secondary N) is 1. The van der Waals surface area contributed by atoms with Gasteiger partial charge in [0.15, 0.2) is 0 Å². The molecule has 0 radical (unpaired) electrons. The molecule has 1 N–H and O–H groups in total. The second-order valence-corrected chi connectivity index (χ2v) is 9.65. The normalized spacial score (nSPS) is 26.6. The number of carbonyl (C=O) groups excluding carboxylic acids is 3. The van der Waals surface area contributed by atoms with E-state index < -0.39 is 6.04 Å². The van der Waals surface area contributed by atoms with Crippen molar-refractivity contribution < 1.29 is 14.4 Å². The molecule has 3 fully saturated rings. The summed E-state index contributed by atoms with van der Waals surface area (Å²) in [6.45, 7) is 0. The lowest BCUT2D eigenvalue weighted by Crippen LogP contribution is -2.49. The fourth-order valence-electron chi connectivity index (χ4n) is 6.43. The molecule has 0 spiro atoms. The monoisotopic (exact) mass is 438 g/mol. The zero-order valence-electron chi connectivity index (χ0n) is 18.3. The first-order valence-electron chi connectivity index (χ1n) is 11.8. The molecule has 3 aliphatic rings. The number of hydrogen-bond acceptors (Lipinski definition) is 3. The molecule has 33 heavy (non-hydrogen) atoms. The maximum Gasteiger partial charge on any atom is 0.248 e. The Kier molecular flexibility index (Phi) is 4.79. The second-order valence-electron chi connectivity index (χ2n) is 9.65. The highest BCUT2D eigenvalue weighted by Gasteiger charge is 2.62. The van der Waals surface area contributed by atoms with Gasteiger partial charge in [0, 0.05) is 17.5 Å². The van der Waals surface area contributed by atoms with E-state index >= 15 is 0 Å². The van der Waals surface area contributed by atoms with Crippen molar-refractivity contribution in [2.24, 2.45) is 23.7 Å². The average Bonchev–Trinajstić information content (AvgIpc) is 3.52. The number of likely N-dealkylation sites (tertiary alicyclic amines) is 1. The maximum atomic E-state index is 13.7. The lowest BCUT2D eigenvalue weighted by molar-refractivity contribution is -0.147. The third-order valence-corrected chi connectivity index (χ3v) is 7.90. The Morgan fingerprint density at radius 1 is 0.848 bits per heavy atom. The summed E-state index contributed by atoms with van der Waals surface area (Å²) in [6.07, 6.45) is 3.32. The number of rotatable bonds is 5. The number of nitrogens with zero attached hydrogens (tertiary/aromatic N) is 1.